The summed E-state index contributed by atoms with van der Waals surface area (Å²) in [7, 11) is 0. The smallest absolute Gasteiger partial charge is 0.238 e. The molecule has 0 radical (unpaired) electrons. The van der Waals surface area contributed by atoms with Gasteiger partial charge >= 0.3 is 0 Å². The van der Waals surface area contributed by atoms with Crippen LogP contribution in [0.5, 0.6) is 0 Å². The van der Waals surface area contributed by atoms with E-state index in [9.17, 15) is 0 Å². The predicted molar refractivity (Wildman–Crippen MR) is 203 cm³/mol. The van der Waals surface area contributed by atoms with Crippen LogP contribution >= 0.6 is 11.3 Å². The van der Waals surface area contributed by atoms with Crippen molar-refractivity contribution in [1.82, 2.24) is 19.5 Å². The monoisotopic (exact) mass is 644 g/mol. The number of thiophene rings is 1. The summed E-state index contributed by atoms with van der Waals surface area (Å²) in [6.07, 6.45) is 0. The lowest BCUT2D eigenvalue weighted by Crippen LogP contribution is -2.06. The third-order valence-corrected chi connectivity index (χ3v) is 10.8. The van der Waals surface area contributed by atoms with Gasteiger partial charge in [-0.05, 0) is 41.8 Å². The molecule has 0 aliphatic heterocycles. The maximum atomic E-state index is 6.29. The van der Waals surface area contributed by atoms with E-state index in [2.05, 4.69) is 95.6 Å². The Kier molecular flexibility index (Phi) is 5.48. The molecule has 0 fully saturated rings. The van der Waals surface area contributed by atoms with Crippen molar-refractivity contribution in [2.75, 3.05) is 0 Å². The van der Waals surface area contributed by atoms with Crippen LogP contribution in [0, 0.1) is 0 Å². The Morgan fingerprint density at radius 3 is 2.08 bits per heavy atom. The molecule has 4 heterocycles. The van der Waals surface area contributed by atoms with Gasteiger partial charge in [0.15, 0.2) is 11.6 Å². The van der Waals surface area contributed by atoms with Gasteiger partial charge in [0.1, 0.15) is 11.2 Å². The van der Waals surface area contributed by atoms with Crippen LogP contribution in [0.3, 0.4) is 0 Å². The second-order valence-electron chi connectivity index (χ2n) is 12.4. The number of hydrogen-bond donors (Lipinski definition) is 0. The maximum absolute atomic E-state index is 6.29. The summed E-state index contributed by atoms with van der Waals surface area (Å²) in [4.78, 5) is 15.6. The zero-order valence-corrected chi connectivity index (χ0v) is 26.8. The summed E-state index contributed by atoms with van der Waals surface area (Å²) < 4.78 is 11.1. The van der Waals surface area contributed by atoms with Gasteiger partial charge in [0.25, 0.3) is 0 Å². The highest BCUT2D eigenvalue weighted by Crippen LogP contribution is 2.45. The Morgan fingerprint density at radius 2 is 1.18 bits per heavy atom. The van der Waals surface area contributed by atoms with Crippen molar-refractivity contribution in [3.05, 3.63) is 146 Å². The van der Waals surface area contributed by atoms with Gasteiger partial charge in [-0.1, -0.05) is 109 Å². The van der Waals surface area contributed by atoms with Crippen molar-refractivity contribution >= 4 is 86.0 Å². The summed E-state index contributed by atoms with van der Waals surface area (Å²) >= 11 is 1.84. The van der Waals surface area contributed by atoms with Crippen LogP contribution in [0.2, 0.25) is 0 Å². The number of rotatable bonds is 3. The van der Waals surface area contributed by atoms with Gasteiger partial charge in [0, 0.05) is 58.2 Å². The molecule has 7 aromatic carbocycles. The second-order valence-corrected chi connectivity index (χ2v) is 13.5. The molecule has 0 atom stereocenters. The minimum atomic E-state index is 0.573. The zero-order valence-electron chi connectivity index (χ0n) is 26.0. The van der Waals surface area contributed by atoms with Crippen molar-refractivity contribution < 1.29 is 4.42 Å². The number of aromatic nitrogens is 4. The Hall–Kier alpha value is -6.37. The molecule has 0 spiro atoms. The van der Waals surface area contributed by atoms with Gasteiger partial charge < -0.3 is 4.42 Å². The fourth-order valence-electron chi connectivity index (χ4n) is 7.47. The normalized spacial score (nSPS) is 12.1. The van der Waals surface area contributed by atoms with Crippen molar-refractivity contribution in [3.63, 3.8) is 0 Å². The predicted octanol–water partition coefficient (Wildman–Crippen LogP) is 11.7. The van der Waals surface area contributed by atoms with E-state index in [1.807, 2.05) is 65.9 Å². The van der Waals surface area contributed by atoms with Crippen molar-refractivity contribution in [2.24, 2.45) is 0 Å². The van der Waals surface area contributed by atoms with E-state index in [0.29, 0.717) is 17.6 Å². The lowest BCUT2D eigenvalue weighted by molar-refractivity contribution is 0.669. The standard InChI is InChI=1S/C43H24N4OS/c1-2-11-26(12-3-1)41-44-42(27-19-20-30-29-14-6-8-16-34(29)48-35(30)24-27)46-43(45-41)47-33-22-23-37-39(31-15-7-9-17-36(31)49-37)38(33)32-21-18-25-10-4-5-13-28(25)40(32)47/h1-24H. The van der Waals surface area contributed by atoms with Crippen LogP contribution in [0.1, 0.15) is 0 Å². The number of nitrogens with zero attached hydrogens (tertiary/aromatic N) is 4. The first-order valence-corrected chi connectivity index (χ1v) is 17.1. The SMILES string of the molecule is c1ccc(-c2nc(-c3ccc4c(c3)oc3ccccc34)nc(-n3c4ccc5sc6ccccc6c5c4c4ccc5ccccc5c43)n2)cc1. The number of benzene rings is 7. The molecule has 6 heteroatoms. The van der Waals surface area contributed by atoms with E-state index in [4.69, 9.17) is 19.4 Å². The molecule has 11 aromatic rings. The summed E-state index contributed by atoms with van der Waals surface area (Å²) in [5.41, 5.74) is 5.60. The molecule has 0 amide bonds. The van der Waals surface area contributed by atoms with Gasteiger partial charge in [0.05, 0.1) is 11.0 Å². The third-order valence-electron chi connectivity index (χ3n) is 9.65. The van der Waals surface area contributed by atoms with Gasteiger partial charge in [0.2, 0.25) is 5.95 Å². The Bertz CT molecular complexity index is 3120. The summed E-state index contributed by atoms with van der Waals surface area (Å²) in [6.45, 7) is 0. The molecule has 4 aromatic heterocycles. The lowest BCUT2D eigenvalue weighted by Gasteiger charge is -2.12. The van der Waals surface area contributed by atoms with E-state index in [1.54, 1.807) is 0 Å². The minimum absolute atomic E-state index is 0.573. The van der Waals surface area contributed by atoms with E-state index in [1.165, 1.54) is 36.3 Å². The van der Waals surface area contributed by atoms with Crippen LogP contribution in [-0.4, -0.2) is 19.5 Å². The first-order valence-electron chi connectivity index (χ1n) is 16.3. The fraction of sp³-hybridized carbons (Fsp3) is 0. The molecule has 0 saturated carbocycles. The number of furan rings is 1. The quantitative estimate of drug-likeness (QED) is 0.192. The first kappa shape index (κ1) is 26.7. The largest absolute Gasteiger partial charge is 0.456 e. The Balaban J connectivity index is 1.27. The molecular formula is C43H24N4OS. The molecule has 0 saturated heterocycles. The summed E-state index contributed by atoms with van der Waals surface area (Å²) in [6, 6.07) is 50.7. The van der Waals surface area contributed by atoms with Crippen LogP contribution in [0.4, 0.5) is 0 Å². The fourth-order valence-corrected chi connectivity index (χ4v) is 8.58. The second kappa shape index (κ2) is 10.1. The van der Waals surface area contributed by atoms with Crippen LogP contribution in [-0.2, 0) is 0 Å². The van der Waals surface area contributed by atoms with E-state index >= 15 is 0 Å². The van der Waals surface area contributed by atoms with Gasteiger partial charge in [-0.3, -0.25) is 4.57 Å². The van der Waals surface area contributed by atoms with Gasteiger partial charge in [-0.25, -0.2) is 4.98 Å². The van der Waals surface area contributed by atoms with Crippen LogP contribution in [0.25, 0.3) is 103 Å². The van der Waals surface area contributed by atoms with Crippen molar-refractivity contribution in [2.45, 2.75) is 0 Å². The first-order chi connectivity index (χ1) is 24.3. The number of para-hydroxylation sites is 1. The van der Waals surface area contributed by atoms with Crippen LogP contribution < -0.4 is 0 Å². The van der Waals surface area contributed by atoms with Crippen LogP contribution in [0.15, 0.2) is 150 Å². The number of hydrogen-bond acceptors (Lipinski definition) is 5. The molecule has 0 aliphatic rings. The summed E-state index contributed by atoms with van der Waals surface area (Å²) in [5.74, 6) is 1.77. The van der Waals surface area contributed by atoms with Gasteiger partial charge in [-0.2, -0.15) is 9.97 Å². The number of fused-ring (bicyclic) bond motifs is 12. The molecule has 49 heavy (non-hydrogen) atoms. The van der Waals surface area contributed by atoms with Crippen molar-refractivity contribution in [3.8, 4) is 28.7 Å². The Labute approximate surface area is 283 Å². The molecule has 0 bridgehead atoms. The molecule has 0 aliphatic carbocycles. The average molecular weight is 645 g/mol. The molecule has 0 N–H and O–H groups in total. The van der Waals surface area contributed by atoms with E-state index in [0.717, 1.165) is 49.5 Å². The summed E-state index contributed by atoms with van der Waals surface area (Å²) in [5, 5.41) is 9.39. The highest BCUT2D eigenvalue weighted by atomic mass is 32.1. The third kappa shape index (κ3) is 3.89. The van der Waals surface area contributed by atoms with Crippen molar-refractivity contribution in [1.29, 1.82) is 0 Å². The molecule has 11 rings (SSSR count). The molecule has 5 nitrogen and oxygen atoms in total. The highest BCUT2D eigenvalue weighted by molar-refractivity contribution is 7.26. The van der Waals surface area contributed by atoms with E-state index < -0.39 is 0 Å². The molecular weight excluding hydrogens is 621 g/mol. The Morgan fingerprint density at radius 1 is 0.469 bits per heavy atom. The topological polar surface area (TPSA) is 56.7 Å². The molecule has 0 unspecified atom stereocenters. The van der Waals surface area contributed by atoms with E-state index in [-0.39, 0.29) is 0 Å². The van der Waals surface area contributed by atoms with Gasteiger partial charge in [-0.15, -0.1) is 11.3 Å². The average Bonchev–Trinajstić information content (AvgIpc) is 3.84. The molecule has 228 valence electrons. The lowest BCUT2D eigenvalue weighted by atomic mass is 10.0. The minimum Gasteiger partial charge on any atom is -0.456 e. The highest BCUT2D eigenvalue weighted by Gasteiger charge is 2.22. The zero-order chi connectivity index (χ0) is 32.1. The maximum Gasteiger partial charge on any atom is 0.238 e.